The van der Waals surface area contributed by atoms with E-state index in [0.29, 0.717) is 12.3 Å². The van der Waals surface area contributed by atoms with Gasteiger partial charge < -0.3 is 10.4 Å². The van der Waals surface area contributed by atoms with Crippen LogP contribution in [0.2, 0.25) is 0 Å². The molecule has 90 valence electrons. The molecule has 0 unspecified atom stereocenters. The van der Waals surface area contributed by atoms with Crippen molar-refractivity contribution in [3.63, 3.8) is 0 Å². The summed E-state index contributed by atoms with van der Waals surface area (Å²) in [6.45, 7) is 4.59. The molecule has 1 aromatic carbocycles. The van der Waals surface area contributed by atoms with Gasteiger partial charge in [0.05, 0.1) is 17.1 Å². The Morgan fingerprint density at radius 3 is 2.59 bits per heavy atom. The monoisotopic (exact) mass is 231 g/mol. The molecule has 2 rings (SSSR count). The molecule has 0 spiro atoms. The highest BCUT2D eigenvalue weighted by Gasteiger charge is 2.09. The van der Waals surface area contributed by atoms with E-state index in [2.05, 4.69) is 10.4 Å². The molecule has 0 aliphatic heterocycles. The summed E-state index contributed by atoms with van der Waals surface area (Å²) >= 11 is 0. The fourth-order valence-electron chi connectivity index (χ4n) is 1.87. The number of hydrogen-bond donors (Lipinski definition) is 2. The Morgan fingerprint density at radius 2 is 2.00 bits per heavy atom. The maximum absolute atomic E-state index is 9.67. The number of hydrogen-bond acceptors (Lipinski definition) is 3. The van der Waals surface area contributed by atoms with Crippen LogP contribution in [0.4, 0.5) is 5.69 Å². The molecule has 0 saturated heterocycles. The third kappa shape index (κ3) is 2.25. The highest BCUT2D eigenvalue weighted by Crippen LogP contribution is 2.21. The van der Waals surface area contributed by atoms with Crippen LogP contribution in [0, 0.1) is 13.8 Å². The molecular formula is C13H17N3O. The third-order valence-corrected chi connectivity index (χ3v) is 2.96. The third-order valence-electron chi connectivity index (χ3n) is 2.96. The minimum absolute atomic E-state index is 0.319. The summed E-state index contributed by atoms with van der Waals surface area (Å²) in [6, 6.07) is 7.34. The van der Waals surface area contributed by atoms with Crippen molar-refractivity contribution >= 4 is 5.69 Å². The lowest BCUT2D eigenvalue weighted by Gasteiger charge is -2.08. The van der Waals surface area contributed by atoms with Crippen molar-refractivity contribution in [1.82, 2.24) is 9.78 Å². The Hall–Kier alpha value is -1.97. The highest BCUT2D eigenvalue weighted by molar-refractivity contribution is 5.52. The lowest BCUT2D eigenvalue weighted by molar-refractivity contribution is 0.469. The van der Waals surface area contributed by atoms with Gasteiger partial charge in [-0.05, 0) is 19.9 Å². The van der Waals surface area contributed by atoms with E-state index in [1.807, 2.05) is 43.8 Å². The molecule has 2 aromatic rings. The summed E-state index contributed by atoms with van der Waals surface area (Å²) in [4.78, 5) is 0. The standard InChI is InChI=1S/C13H17N3O/c1-9-13(10(2)16(3)15-9)14-8-11-6-4-5-7-12(11)17/h4-7,14,17H,8H2,1-3H3. The predicted molar refractivity (Wildman–Crippen MR) is 68.1 cm³/mol. The first-order valence-electron chi connectivity index (χ1n) is 5.60. The first kappa shape index (κ1) is 11.5. The SMILES string of the molecule is Cc1nn(C)c(C)c1NCc1ccccc1O. The van der Waals surface area contributed by atoms with E-state index >= 15 is 0 Å². The quantitative estimate of drug-likeness (QED) is 0.852. The molecule has 0 bridgehead atoms. The van der Waals surface area contributed by atoms with E-state index in [0.717, 1.165) is 22.6 Å². The zero-order chi connectivity index (χ0) is 12.4. The van der Waals surface area contributed by atoms with Crippen LogP contribution in [-0.2, 0) is 13.6 Å². The van der Waals surface area contributed by atoms with Crippen LogP contribution in [-0.4, -0.2) is 14.9 Å². The second-order valence-corrected chi connectivity index (χ2v) is 4.15. The van der Waals surface area contributed by atoms with Crippen molar-refractivity contribution in [2.45, 2.75) is 20.4 Å². The van der Waals surface area contributed by atoms with Crippen LogP contribution in [0.15, 0.2) is 24.3 Å². The Labute approximate surface area is 101 Å². The summed E-state index contributed by atoms with van der Waals surface area (Å²) < 4.78 is 1.85. The van der Waals surface area contributed by atoms with Crippen LogP contribution in [0.1, 0.15) is 17.0 Å². The summed E-state index contributed by atoms with van der Waals surface area (Å²) in [5.74, 6) is 0.319. The van der Waals surface area contributed by atoms with Gasteiger partial charge in [-0.15, -0.1) is 0 Å². The van der Waals surface area contributed by atoms with Crippen molar-refractivity contribution in [2.75, 3.05) is 5.32 Å². The van der Waals surface area contributed by atoms with Crippen LogP contribution < -0.4 is 5.32 Å². The number of aromatic nitrogens is 2. The number of nitrogens with zero attached hydrogens (tertiary/aromatic N) is 2. The molecular weight excluding hydrogens is 214 g/mol. The second kappa shape index (κ2) is 4.49. The number of para-hydroxylation sites is 1. The Morgan fingerprint density at radius 1 is 1.29 bits per heavy atom. The number of nitrogens with one attached hydrogen (secondary N) is 1. The van der Waals surface area contributed by atoms with Crippen molar-refractivity contribution in [1.29, 1.82) is 0 Å². The minimum Gasteiger partial charge on any atom is -0.508 e. The van der Waals surface area contributed by atoms with E-state index in [9.17, 15) is 5.11 Å². The van der Waals surface area contributed by atoms with E-state index < -0.39 is 0 Å². The number of aromatic hydroxyl groups is 1. The molecule has 4 heteroatoms. The first-order valence-corrected chi connectivity index (χ1v) is 5.60. The van der Waals surface area contributed by atoms with Gasteiger partial charge in [-0.1, -0.05) is 18.2 Å². The summed E-state index contributed by atoms with van der Waals surface area (Å²) in [5.41, 5.74) is 3.99. The molecule has 0 atom stereocenters. The molecule has 2 N–H and O–H groups in total. The maximum atomic E-state index is 9.67. The number of phenolic OH excluding ortho intramolecular Hbond substituents is 1. The van der Waals surface area contributed by atoms with E-state index in [-0.39, 0.29) is 0 Å². The summed E-state index contributed by atoms with van der Waals surface area (Å²) in [5, 5.41) is 17.3. The van der Waals surface area contributed by atoms with Gasteiger partial charge in [0, 0.05) is 19.2 Å². The largest absolute Gasteiger partial charge is 0.508 e. The predicted octanol–water partition coefficient (Wildman–Crippen LogP) is 2.35. The number of anilines is 1. The van der Waals surface area contributed by atoms with Gasteiger partial charge >= 0.3 is 0 Å². The smallest absolute Gasteiger partial charge is 0.120 e. The van der Waals surface area contributed by atoms with E-state index in [4.69, 9.17) is 0 Å². The molecule has 0 aliphatic carbocycles. The zero-order valence-corrected chi connectivity index (χ0v) is 10.4. The van der Waals surface area contributed by atoms with Gasteiger partial charge in [-0.3, -0.25) is 4.68 Å². The lowest BCUT2D eigenvalue weighted by Crippen LogP contribution is -2.02. The molecule has 4 nitrogen and oxygen atoms in total. The average molecular weight is 231 g/mol. The fourth-order valence-corrected chi connectivity index (χ4v) is 1.87. The Kier molecular flexibility index (Phi) is 3.04. The molecule has 0 amide bonds. The normalized spacial score (nSPS) is 10.5. The van der Waals surface area contributed by atoms with Gasteiger partial charge in [0.1, 0.15) is 5.75 Å². The topological polar surface area (TPSA) is 50.1 Å². The molecule has 0 saturated carbocycles. The van der Waals surface area contributed by atoms with Gasteiger partial charge in [0.2, 0.25) is 0 Å². The number of rotatable bonds is 3. The minimum atomic E-state index is 0.319. The second-order valence-electron chi connectivity index (χ2n) is 4.15. The van der Waals surface area contributed by atoms with Gasteiger partial charge in [0.15, 0.2) is 0 Å². The average Bonchev–Trinajstić information content (AvgIpc) is 2.53. The Bertz CT molecular complexity index is 531. The first-order chi connectivity index (χ1) is 8.09. The molecule has 0 fully saturated rings. The van der Waals surface area contributed by atoms with Crippen molar-refractivity contribution in [3.05, 3.63) is 41.2 Å². The Balaban J connectivity index is 2.15. The summed E-state index contributed by atoms with van der Waals surface area (Å²) in [6.07, 6.45) is 0. The van der Waals surface area contributed by atoms with Gasteiger partial charge in [0.25, 0.3) is 0 Å². The highest BCUT2D eigenvalue weighted by atomic mass is 16.3. The van der Waals surface area contributed by atoms with Crippen LogP contribution in [0.3, 0.4) is 0 Å². The van der Waals surface area contributed by atoms with Gasteiger partial charge in [-0.25, -0.2) is 0 Å². The van der Waals surface area contributed by atoms with Crippen molar-refractivity contribution in [3.8, 4) is 5.75 Å². The van der Waals surface area contributed by atoms with E-state index in [1.54, 1.807) is 6.07 Å². The molecule has 0 aliphatic rings. The molecule has 0 radical (unpaired) electrons. The molecule has 1 heterocycles. The number of benzene rings is 1. The van der Waals surface area contributed by atoms with Crippen LogP contribution in [0.5, 0.6) is 5.75 Å². The van der Waals surface area contributed by atoms with Crippen molar-refractivity contribution in [2.24, 2.45) is 7.05 Å². The number of phenols is 1. The van der Waals surface area contributed by atoms with Crippen LogP contribution in [0.25, 0.3) is 0 Å². The summed E-state index contributed by atoms with van der Waals surface area (Å²) in [7, 11) is 1.92. The van der Waals surface area contributed by atoms with E-state index in [1.165, 1.54) is 0 Å². The van der Waals surface area contributed by atoms with Crippen molar-refractivity contribution < 1.29 is 5.11 Å². The fraction of sp³-hybridized carbons (Fsp3) is 0.308. The lowest BCUT2D eigenvalue weighted by atomic mass is 10.2. The van der Waals surface area contributed by atoms with Crippen LogP contribution >= 0.6 is 0 Å². The molecule has 17 heavy (non-hydrogen) atoms. The number of aryl methyl sites for hydroxylation is 2. The maximum Gasteiger partial charge on any atom is 0.120 e. The molecule has 1 aromatic heterocycles. The zero-order valence-electron chi connectivity index (χ0n) is 10.4. The van der Waals surface area contributed by atoms with Gasteiger partial charge in [-0.2, -0.15) is 5.10 Å².